The van der Waals surface area contributed by atoms with Crippen molar-refractivity contribution in [2.24, 2.45) is 7.05 Å². The summed E-state index contributed by atoms with van der Waals surface area (Å²) in [5.74, 6) is -1.44. The summed E-state index contributed by atoms with van der Waals surface area (Å²) in [5, 5.41) is 26.6. The zero-order chi connectivity index (χ0) is 24.6. The molecular formula is C21H18F3N7O3. The van der Waals surface area contributed by atoms with Gasteiger partial charge in [0.1, 0.15) is 5.82 Å². The van der Waals surface area contributed by atoms with Gasteiger partial charge in [0.2, 0.25) is 0 Å². The lowest BCUT2D eigenvalue weighted by atomic mass is 10.0. The molecule has 3 heterocycles. The summed E-state index contributed by atoms with van der Waals surface area (Å²) in [4.78, 5) is 24.1. The number of rotatable bonds is 6. The summed E-state index contributed by atoms with van der Waals surface area (Å²) in [5.41, 5.74) is -0.313. The van der Waals surface area contributed by atoms with Gasteiger partial charge in [-0.25, -0.2) is 0 Å². The van der Waals surface area contributed by atoms with Crippen molar-refractivity contribution >= 4 is 17.7 Å². The second kappa shape index (κ2) is 8.50. The molecular weight excluding hydrogens is 455 g/mol. The maximum Gasteiger partial charge on any atom is 0.417 e. The van der Waals surface area contributed by atoms with E-state index in [4.69, 9.17) is 5.11 Å². The predicted molar refractivity (Wildman–Crippen MR) is 113 cm³/mol. The number of nitrogens with zero attached hydrogens (tertiary/aromatic N) is 5. The molecule has 13 heteroatoms. The summed E-state index contributed by atoms with van der Waals surface area (Å²) in [6.45, 7) is 1.75. The lowest BCUT2D eigenvalue weighted by Crippen LogP contribution is -2.16. The number of aliphatic carboxylic acids is 1. The van der Waals surface area contributed by atoms with E-state index in [1.807, 2.05) is 0 Å². The number of carboxylic acids is 1. The molecule has 4 aromatic rings. The number of aromatic amines is 1. The number of benzene rings is 1. The molecule has 0 aliphatic carbocycles. The Hall–Kier alpha value is -4.42. The molecule has 10 nitrogen and oxygen atoms in total. The highest BCUT2D eigenvalue weighted by molar-refractivity contribution is 6.04. The molecule has 4 rings (SSSR count). The Bertz CT molecular complexity index is 1380. The van der Waals surface area contributed by atoms with Crippen LogP contribution >= 0.6 is 0 Å². The van der Waals surface area contributed by atoms with E-state index in [0.29, 0.717) is 11.5 Å². The maximum atomic E-state index is 13.6. The van der Waals surface area contributed by atoms with Gasteiger partial charge in [-0.3, -0.25) is 19.4 Å². The number of H-pyrrole nitrogens is 1. The number of aromatic nitrogens is 6. The van der Waals surface area contributed by atoms with Crippen molar-refractivity contribution in [3.05, 3.63) is 65.1 Å². The topological polar surface area (TPSA) is 131 Å². The van der Waals surface area contributed by atoms with E-state index in [2.05, 4.69) is 25.7 Å². The van der Waals surface area contributed by atoms with E-state index in [0.717, 1.165) is 18.2 Å². The molecule has 3 N–H and O–H groups in total. The fourth-order valence-corrected chi connectivity index (χ4v) is 3.34. The van der Waals surface area contributed by atoms with Gasteiger partial charge in [-0.15, -0.1) is 0 Å². The number of aryl methyl sites for hydroxylation is 2. The minimum atomic E-state index is -4.65. The zero-order valence-corrected chi connectivity index (χ0v) is 17.9. The highest BCUT2D eigenvalue weighted by Crippen LogP contribution is 2.37. The van der Waals surface area contributed by atoms with Crippen molar-refractivity contribution in [2.45, 2.75) is 19.5 Å². The Kier molecular flexibility index (Phi) is 5.69. The van der Waals surface area contributed by atoms with E-state index in [1.165, 1.54) is 27.7 Å². The first-order valence-electron chi connectivity index (χ1n) is 9.87. The van der Waals surface area contributed by atoms with Gasteiger partial charge in [0.25, 0.3) is 5.91 Å². The molecule has 0 saturated heterocycles. The number of hydrogen-bond acceptors (Lipinski definition) is 5. The number of nitrogens with one attached hydrogen (secondary N) is 2. The lowest BCUT2D eigenvalue weighted by molar-refractivity contribution is -0.137. The normalized spacial score (nSPS) is 11.6. The fourth-order valence-electron chi connectivity index (χ4n) is 3.34. The number of anilines is 1. The zero-order valence-electron chi connectivity index (χ0n) is 17.9. The quantitative estimate of drug-likeness (QED) is 0.394. The van der Waals surface area contributed by atoms with Crippen molar-refractivity contribution in [2.75, 3.05) is 5.32 Å². The van der Waals surface area contributed by atoms with Crippen LogP contribution in [0.15, 0.2) is 42.6 Å². The molecule has 1 aromatic carbocycles. The molecule has 0 atom stereocenters. The van der Waals surface area contributed by atoms with Crippen molar-refractivity contribution in [3.8, 4) is 17.1 Å². The average Bonchev–Trinajstić information content (AvgIpc) is 3.46. The number of carbonyl (C=O) groups excluding carboxylic acids is 1. The Labute approximate surface area is 190 Å². The maximum absolute atomic E-state index is 13.6. The van der Waals surface area contributed by atoms with Crippen LogP contribution in [0.4, 0.5) is 19.0 Å². The van der Waals surface area contributed by atoms with Gasteiger partial charge >= 0.3 is 12.1 Å². The van der Waals surface area contributed by atoms with Crippen LogP contribution in [0.3, 0.4) is 0 Å². The Morgan fingerprint density at radius 3 is 2.50 bits per heavy atom. The summed E-state index contributed by atoms with van der Waals surface area (Å²) in [6, 6.07) is 7.40. The highest BCUT2D eigenvalue weighted by Gasteiger charge is 2.34. The third-order valence-electron chi connectivity index (χ3n) is 4.82. The molecule has 34 heavy (non-hydrogen) atoms. The summed E-state index contributed by atoms with van der Waals surface area (Å²) < 4.78 is 43.3. The van der Waals surface area contributed by atoms with Crippen LogP contribution in [-0.2, 0) is 24.4 Å². The third kappa shape index (κ3) is 4.67. The molecule has 176 valence electrons. The Morgan fingerprint density at radius 1 is 1.15 bits per heavy atom. The van der Waals surface area contributed by atoms with Gasteiger partial charge in [-0.05, 0) is 31.2 Å². The number of carboxylic acid groups (broad SMARTS) is 1. The van der Waals surface area contributed by atoms with E-state index >= 15 is 0 Å². The smallest absolute Gasteiger partial charge is 0.417 e. The largest absolute Gasteiger partial charge is 0.481 e. The predicted octanol–water partition coefficient (Wildman–Crippen LogP) is 3.20. The molecule has 0 unspecified atom stereocenters. The van der Waals surface area contributed by atoms with Gasteiger partial charge in [0.05, 0.1) is 23.4 Å². The van der Waals surface area contributed by atoms with E-state index in [-0.39, 0.29) is 28.3 Å². The number of hydrogen-bond donors (Lipinski definition) is 3. The molecule has 3 aromatic heterocycles. The van der Waals surface area contributed by atoms with Gasteiger partial charge in [0, 0.05) is 42.2 Å². The Balaban J connectivity index is 1.72. The molecule has 0 fully saturated rings. The van der Waals surface area contributed by atoms with Gasteiger partial charge < -0.3 is 10.4 Å². The van der Waals surface area contributed by atoms with Gasteiger partial charge in [-0.1, -0.05) is 0 Å². The molecule has 0 aliphatic heterocycles. The number of alkyl halides is 3. The van der Waals surface area contributed by atoms with Gasteiger partial charge in [0.15, 0.2) is 5.82 Å². The first-order chi connectivity index (χ1) is 16.0. The van der Waals surface area contributed by atoms with Crippen molar-refractivity contribution in [1.29, 1.82) is 0 Å². The summed E-state index contributed by atoms with van der Waals surface area (Å²) >= 11 is 0. The lowest BCUT2D eigenvalue weighted by Gasteiger charge is -2.13. The average molecular weight is 473 g/mol. The molecule has 0 aliphatic rings. The molecule has 0 bridgehead atoms. The summed E-state index contributed by atoms with van der Waals surface area (Å²) in [7, 11) is 1.57. The third-order valence-corrected chi connectivity index (χ3v) is 4.82. The standard InChI is InChI=1S/C21H18F3N7O3/c1-11-7-18(27-26-11)31-17(9-13(28-31)10-19(32)33)25-20(34)12-3-4-15(21(22,23)24)14(8-12)16-5-6-30(2)29-16/h3-9H,10H2,1-2H3,(H,25,34)(H,26,27)(H,32,33). The van der Waals surface area contributed by atoms with Crippen LogP contribution in [0.2, 0.25) is 0 Å². The Morgan fingerprint density at radius 2 is 1.91 bits per heavy atom. The molecule has 1 amide bonds. The van der Waals surface area contributed by atoms with Crippen LogP contribution < -0.4 is 5.32 Å². The second-order valence-electron chi connectivity index (χ2n) is 7.50. The SMILES string of the molecule is Cc1cc(-n2nc(CC(=O)O)cc2NC(=O)c2ccc(C(F)(F)F)c(-c3ccn(C)n3)c2)n[nH]1. The molecule has 0 saturated carbocycles. The first-order valence-corrected chi connectivity index (χ1v) is 9.87. The van der Waals surface area contributed by atoms with Crippen LogP contribution in [0, 0.1) is 6.92 Å². The number of halogens is 3. The molecule has 0 spiro atoms. The van der Waals surface area contributed by atoms with E-state index < -0.39 is 30.0 Å². The van der Waals surface area contributed by atoms with E-state index in [1.54, 1.807) is 20.0 Å². The van der Waals surface area contributed by atoms with Crippen LogP contribution in [0.5, 0.6) is 0 Å². The molecule has 0 radical (unpaired) electrons. The second-order valence-corrected chi connectivity index (χ2v) is 7.50. The van der Waals surface area contributed by atoms with E-state index in [9.17, 15) is 22.8 Å². The minimum Gasteiger partial charge on any atom is -0.481 e. The first kappa shape index (κ1) is 22.8. The van der Waals surface area contributed by atoms with Crippen LogP contribution in [0.1, 0.15) is 27.3 Å². The van der Waals surface area contributed by atoms with Gasteiger partial charge in [-0.2, -0.15) is 33.1 Å². The van der Waals surface area contributed by atoms with Crippen LogP contribution in [-0.4, -0.2) is 46.7 Å². The fraction of sp³-hybridized carbons (Fsp3) is 0.190. The van der Waals surface area contributed by atoms with Crippen molar-refractivity contribution < 1.29 is 27.9 Å². The van der Waals surface area contributed by atoms with Crippen molar-refractivity contribution in [3.63, 3.8) is 0 Å². The van der Waals surface area contributed by atoms with Crippen molar-refractivity contribution in [1.82, 2.24) is 29.8 Å². The minimum absolute atomic E-state index is 0.0561. The summed E-state index contributed by atoms with van der Waals surface area (Å²) in [6.07, 6.45) is -3.55. The number of amides is 1. The monoisotopic (exact) mass is 473 g/mol. The highest BCUT2D eigenvalue weighted by atomic mass is 19.4. The van der Waals surface area contributed by atoms with Crippen LogP contribution in [0.25, 0.3) is 17.1 Å². The number of carbonyl (C=O) groups is 2.